The van der Waals surface area contributed by atoms with Crippen molar-refractivity contribution >= 4 is 5.91 Å². The van der Waals surface area contributed by atoms with Crippen LogP contribution in [0.15, 0.2) is 6.33 Å². The highest BCUT2D eigenvalue weighted by Crippen LogP contribution is 2.11. The summed E-state index contributed by atoms with van der Waals surface area (Å²) in [5.74, 6) is 0.838. The van der Waals surface area contributed by atoms with Gasteiger partial charge in [-0.2, -0.15) is 0 Å². The lowest BCUT2D eigenvalue weighted by Crippen LogP contribution is -2.42. The molecule has 2 heterocycles. The molecule has 1 aliphatic rings. The fraction of sp³-hybridized carbons (Fsp3) is 0.667. The molecule has 2 rings (SSSR count). The molecule has 0 aliphatic carbocycles. The molecule has 1 aromatic heterocycles. The van der Waals surface area contributed by atoms with Gasteiger partial charge >= 0.3 is 0 Å². The number of carbonyl (C=O) groups is 1. The Morgan fingerprint density at radius 3 is 3.20 bits per heavy atom. The van der Waals surface area contributed by atoms with Crippen LogP contribution in [0.5, 0.6) is 0 Å². The van der Waals surface area contributed by atoms with Crippen LogP contribution in [-0.2, 0) is 17.9 Å². The van der Waals surface area contributed by atoms with E-state index < -0.39 is 0 Å². The molecule has 1 unspecified atom stereocenters. The molecule has 0 saturated heterocycles. The van der Waals surface area contributed by atoms with Gasteiger partial charge in [-0.25, -0.2) is 0 Å². The Morgan fingerprint density at radius 2 is 2.47 bits per heavy atom. The van der Waals surface area contributed by atoms with Gasteiger partial charge < -0.3 is 15.2 Å². The molecule has 1 aromatic rings. The van der Waals surface area contributed by atoms with E-state index in [0.29, 0.717) is 19.6 Å². The normalized spacial score (nSPS) is 17.3. The summed E-state index contributed by atoms with van der Waals surface area (Å²) in [5.41, 5.74) is 5.47. The first kappa shape index (κ1) is 10.1. The number of hydrogen-bond donors (Lipinski definition) is 1. The van der Waals surface area contributed by atoms with Gasteiger partial charge in [0.25, 0.3) is 0 Å². The third-order valence-electron chi connectivity index (χ3n) is 2.73. The van der Waals surface area contributed by atoms with Gasteiger partial charge in [0, 0.05) is 25.6 Å². The van der Waals surface area contributed by atoms with E-state index in [4.69, 9.17) is 5.73 Å². The van der Waals surface area contributed by atoms with Crippen LogP contribution >= 0.6 is 0 Å². The molecule has 0 spiro atoms. The van der Waals surface area contributed by atoms with Crippen molar-refractivity contribution in [2.24, 2.45) is 11.7 Å². The molecule has 6 heteroatoms. The number of hydrogen-bond acceptors (Lipinski definition) is 4. The second-order valence-corrected chi connectivity index (χ2v) is 3.84. The topological polar surface area (TPSA) is 77.0 Å². The van der Waals surface area contributed by atoms with Crippen molar-refractivity contribution in [3.8, 4) is 0 Å². The molecule has 6 nitrogen and oxygen atoms in total. The summed E-state index contributed by atoms with van der Waals surface area (Å²) in [6, 6.07) is 0. The van der Waals surface area contributed by atoms with Gasteiger partial charge in [-0.3, -0.25) is 4.79 Å². The quantitative estimate of drug-likeness (QED) is 0.693. The van der Waals surface area contributed by atoms with E-state index in [1.165, 1.54) is 0 Å². The number of nitrogens with zero attached hydrogens (tertiary/aromatic N) is 4. The first-order chi connectivity index (χ1) is 7.22. The van der Waals surface area contributed by atoms with E-state index in [0.717, 1.165) is 12.4 Å². The summed E-state index contributed by atoms with van der Waals surface area (Å²) in [7, 11) is 0. The number of amides is 1. The predicted molar refractivity (Wildman–Crippen MR) is 53.7 cm³/mol. The van der Waals surface area contributed by atoms with Gasteiger partial charge in [-0.05, 0) is 0 Å². The molecule has 82 valence electrons. The van der Waals surface area contributed by atoms with Crippen LogP contribution in [0.2, 0.25) is 0 Å². The molecule has 0 aromatic carbocycles. The molecule has 0 radical (unpaired) electrons. The lowest BCUT2D eigenvalue weighted by Gasteiger charge is -2.29. The number of rotatable bonds is 2. The smallest absolute Gasteiger partial charge is 0.227 e. The van der Waals surface area contributed by atoms with E-state index >= 15 is 0 Å². The van der Waals surface area contributed by atoms with E-state index in [1.54, 1.807) is 11.2 Å². The van der Waals surface area contributed by atoms with Crippen LogP contribution in [0.25, 0.3) is 0 Å². The van der Waals surface area contributed by atoms with Crippen LogP contribution in [-0.4, -0.2) is 38.7 Å². The highest BCUT2D eigenvalue weighted by Gasteiger charge is 2.24. The number of nitrogens with two attached hydrogens (primary N) is 1. The van der Waals surface area contributed by atoms with Crippen molar-refractivity contribution in [3.63, 3.8) is 0 Å². The lowest BCUT2D eigenvalue weighted by atomic mass is 10.1. The first-order valence-electron chi connectivity index (χ1n) is 5.08. The molecular formula is C9H15N5O. The monoisotopic (exact) mass is 209 g/mol. The lowest BCUT2D eigenvalue weighted by molar-refractivity contribution is -0.136. The third kappa shape index (κ3) is 1.85. The molecule has 0 saturated carbocycles. The maximum atomic E-state index is 11.8. The van der Waals surface area contributed by atoms with Gasteiger partial charge in [0.15, 0.2) is 5.82 Å². The number of fused-ring (bicyclic) bond motifs is 1. The molecule has 2 N–H and O–H groups in total. The van der Waals surface area contributed by atoms with Crippen molar-refractivity contribution in [1.82, 2.24) is 19.7 Å². The molecule has 1 atom stereocenters. The average molecular weight is 209 g/mol. The van der Waals surface area contributed by atoms with Crippen molar-refractivity contribution < 1.29 is 4.79 Å². The molecule has 1 amide bonds. The Bertz CT molecular complexity index is 361. The SMILES string of the molecule is CC(CN)C(=O)N1CCn2cnnc2C1. The minimum absolute atomic E-state index is 0.103. The molecule has 0 fully saturated rings. The van der Waals surface area contributed by atoms with E-state index in [-0.39, 0.29) is 11.8 Å². The number of carbonyl (C=O) groups excluding carboxylic acids is 1. The fourth-order valence-electron chi connectivity index (χ4n) is 1.67. The zero-order valence-electron chi connectivity index (χ0n) is 8.76. The Labute approximate surface area is 88.1 Å². The average Bonchev–Trinajstić information content (AvgIpc) is 2.73. The fourth-order valence-corrected chi connectivity index (χ4v) is 1.67. The van der Waals surface area contributed by atoms with E-state index in [9.17, 15) is 4.79 Å². The number of aromatic nitrogens is 3. The third-order valence-corrected chi connectivity index (χ3v) is 2.73. The van der Waals surface area contributed by atoms with Gasteiger partial charge in [0.05, 0.1) is 6.54 Å². The van der Waals surface area contributed by atoms with Gasteiger partial charge in [-0.1, -0.05) is 6.92 Å². The Hall–Kier alpha value is -1.43. The van der Waals surface area contributed by atoms with Crippen LogP contribution in [0, 0.1) is 5.92 Å². The summed E-state index contributed by atoms with van der Waals surface area (Å²) in [4.78, 5) is 13.6. The van der Waals surface area contributed by atoms with Crippen LogP contribution in [0.3, 0.4) is 0 Å². The van der Waals surface area contributed by atoms with Crippen LogP contribution in [0.1, 0.15) is 12.7 Å². The second kappa shape index (κ2) is 3.98. The van der Waals surface area contributed by atoms with E-state index in [2.05, 4.69) is 10.2 Å². The summed E-state index contributed by atoms with van der Waals surface area (Å²) in [5, 5.41) is 7.78. The molecule has 1 aliphatic heterocycles. The summed E-state index contributed by atoms with van der Waals surface area (Å²) in [6.07, 6.45) is 1.70. The van der Waals surface area contributed by atoms with Crippen molar-refractivity contribution in [3.05, 3.63) is 12.2 Å². The Morgan fingerprint density at radius 1 is 1.67 bits per heavy atom. The maximum Gasteiger partial charge on any atom is 0.227 e. The standard InChI is InChI=1S/C9H15N5O/c1-7(4-10)9(15)13-2-3-14-6-11-12-8(14)5-13/h6-7H,2-5,10H2,1H3. The van der Waals surface area contributed by atoms with Gasteiger partial charge in [-0.15, -0.1) is 10.2 Å². The molecular weight excluding hydrogens is 194 g/mol. The summed E-state index contributed by atoms with van der Waals surface area (Å²) in [6.45, 7) is 4.27. The minimum Gasteiger partial charge on any atom is -0.333 e. The first-order valence-corrected chi connectivity index (χ1v) is 5.08. The van der Waals surface area contributed by atoms with Crippen LogP contribution < -0.4 is 5.73 Å². The van der Waals surface area contributed by atoms with Gasteiger partial charge in [0.2, 0.25) is 5.91 Å². The Balaban J connectivity index is 2.06. The zero-order chi connectivity index (χ0) is 10.8. The zero-order valence-corrected chi connectivity index (χ0v) is 8.76. The largest absolute Gasteiger partial charge is 0.333 e. The maximum absolute atomic E-state index is 11.8. The van der Waals surface area contributed by atoms with Crippen molar-refractivity contribution in [2.75, 3.05) is 13.1 Å². The predicted octanol–water partition coefficient (Wildman–Crippen LogP) is -0.785. The Kier molecular flexibility index (Phi) is 2.68. The van der Waals surface area contributed by atoms with Crippen molar-refractivity contribution in [2.45, 2.75) is 20.0 Å². The van der Waals surface area contributed by atoms with Crippen molar-refractivity contribution in [1.29, 1.82) is 0 Å². The van der Waals surface area contributed by atoms with Gasteiger partial charge in [0.1, 0.15) is 6.33 Å². The summed E-state index contributed by atoms with van der Waals surface area (Å²) < 4.78 is 1.97. The molecule has 15 heavy (non-hydrogen) atoms. The minimum atomic E-state index is -0.112. The van der Waals surface area contributed by atoms with Crippen LogP contribution in [0.4, 0.5) is 0 Å². The second-order valence-electron chi connectivity index (χ2n) is 3.84. The summed E-state index contributed by atoms with van der Waals surface area (Å²) >= 11 is 0. The highest BCUT2D eigenvalue weighted by molar-refractivity contribution is 5.78. The van der Waals surface area contributed by atoms with E-state index in [1.807, 2.05) is 11.5 Å². The molecule has 0 bridgehead atoms. The highest BCUT2D eigenvalue weighted by atomic mass is 16.2.